The average Bonchev–Trinajstić information content (AvgIpc) is 3.62. The number of anilines is 2. The molecule has 6 heterocycles. The Bertz CT molecular complexity index is 1720. The molecule has 0 aliphatic rings. The molecule has 0 unspecified atom stereocenters. The highest BCUT2D eigenvalue weighted by Crippen LogP contribution is 2.18. The Hall–Kier alpha value is -4.95. The van der Waals surface area contributed by atoms with Crippen molar-refractivity contribution in [1.29, 1.82) is 0 Å². The molecule has 5 N–H and O–H groups in total. The van der Waals surface area contributed by atoms with Crippen molar-refractivity contribution in [3.8, 4) is 0 Å². The van der Waals surface area contributed by atoms with Gasteiger partial charge in [-0.3, -0.25) is 4.79 Å². The van der Waals surface area contributed by atoms with E-state index in [1.807, 2.05) is 36.8 Å². The Morgan fingerprint density at radius 2 is 1.43 bits per heavy atom. The summed E-state index contributed by atoms with van der Waals surface area (Å²) in [5.41, 5.74) is 15.8. The molecule has 0 atom stereocenters. The summed E-state index contributed by atoms with van der Waals surface area (Å²) < 4.78 is 5.61. The summed E-state index contributed by atoms with van der Waals surface area (Å²) in [5, 5.41) is 7.94. The van der Waals surface area contributed by atoms with E-state index in [0.717, 1.165) is 11.3 Å². The zero-order valence-electron chi connectivity index (χ0n) is 23.6. The number of aromatic nitrogens is 12. The van der Waals surface area contributed by atoms with Crippen LogP contribution < -0.4 is 17.0 Å². The number of hydrogen-bond acceptors (Lipinski definition) is 11. The molecule has 6 aromatic heterocycles. The van der Waals surface area contributed by atoms with Gasteiger partial charge < -0.3 is 25.6 Å². The number of pyridine rings is 1. The standard InChI is InChI=1S/C9H12N4O.2C8H11N5/c1-5(2)13-4-10-7-8(13)11-6(3)12-9(7)14;1-5(2)13-4-12-6-7(9)10-3-11-8(6)13;1-5(2)13-8-7(11-12-13)6(9)3-4-10-8/h4-5H,1-3H3,(H,11,12,14);3-5H,1-2H3,(H2,9,10,11);3-5H,1-2H3,(H2,9,10). The lowest BCUT2D eigenvalue weighted by Crippen LogP contribution is -2.11. The van der Waals surface area contributed by atoms with E-state index in [0.29, 0.717) is 45.6 Å². The lowest BCUT2D eigenvalue weighted by Gasteiger charge is -2.06. The summed E-state index contributed by atoms with van der Waals surface area (Å²) in [6, 6.07) is 2.56. The maximum absolute atomic E-state index is 11.5. The SMILES string of the molecule is CC(C)n1cnc2c(N)ncnc21.CC(C)n1nnc2c(N)ccnc21.Cc1nc2c(ncn2C(C)C)c(=O)[nH]1. The van der Waals surface area contributed by atoms with Gasteiger partial charge in [-0.15, -0.1) is 5.10 Å². The van der Waals surface area contributed by atoms with E-state index in [4.69, 9.17) is 11.5 Å². The van der Waals surface area contributed by atoms with E-state index in [-0.39, 0.29) is 17.6 Å². The number of hydrogen-bond donors (Lipinski definition) is 3. The molecule has 0 aromatic carbocycles. The number of rotatable bonds is 3. The van der Waals surface area contributed by atoms with Crippen LogP contribution >= 0.6 is 0 Å². The van der Waals surface area contributed by atoms with Crippen LogP contribution in [0.4, 0.5) is 11.5 Å². The molecule has 0 saturated carbocycles. The third-order valence-corrected chi connectivity index (χ3v) is 5.93. The minimum atomic E-state index is -0.174. The first-order chi connectivity index (χ1) is 19.0. The fourth-order valence-corrected chi connectivity index (χ4v) is 3.87. The van der Waals surface area contributed by atoms with E-state index >= 15 is 0 Å². The van der Waals surface area contributed by atoms with Gasteiger partial charge in [0, 0.05) is 18.3 Å². The van der Waals surface area contributed by atoms with Gasteiger partial charge in [-0.1, -0.05) is 5.21 Å². The van der Waals surface area contributed by atoms with E-state index in [1.54, 1.807) is 36.5 Å². The van der Waals surface area contributed by atoms with E-state index < -0.39 is 0 Å². The molecule has 0 fully saturated rings. The molecule has 6 aromatic rings. The number of nitrogens with zero attached hydrogens (tertiary/aromatic N) is 11. The molecular formula is C25H34N14O. The van der Waals surface area contributed by atoms with Gasteiger partial charge >= 0.3 is 0 Å². The molecule has 210 valence electrons. The molecule has 0 amide bonds. The van der Waals surface area contributed by atoms with Crippen molar-refractivity contribution < 1.29 is 0 Å². The van der Waals surface area contributed by atoms with Gasteiger partial charge in [0.1, 0.15) is 17.7 Å². The van der Waals surface area contributed by atoms with Crippen LogP contribution in [-0.2, 0) is 0 Å². The second-order valence-electron chi connectivity index (χ2n) is 9.95. The monoisotopic (exact) mass is 546 g/mol. The number of imidazole rings is 2. The second kappa shape index (κ2) is 11.4. The van der Waals surface area contributed by atoms with Crippen LogP contribution in [0.3, 0.4) is 0 Å². The van der Waals surface area contributed by atoms with E-state index in [9.17, 15) is 4.79 Å². The third-order valence-electron chi connectivity index (χ3n) is 5.93. The Labute approximate surface area is 229 Å². The van der Waals surface area contributed by atoms with Crippen LogP contribution in [0, 0.1) is 6.92 Å². The largest absolute Gasteiger partial charge is 0.397 e. The van der Waals surface area contributed by atoms with Gasteiger partial charge in [-0.25, -0.2) is 34.6 Å². The zero-order valence-corrected chi connectivity index (χ0v) is 23.6. The first-order valence-electron chi connectivity index (χ1n) is 12.8. The summed E-state index contributed by atoms with van der Waals surface area (Å²) >= 11 is 0. The minimum Gasteiger partial charge on any atom is -0.397 e. The van der Waals surface area contributed by atoms with Crippen molar-refractivity contribution in [1.82, 2.24) is 59.0 Å². The lowest BCUT2D eigenvalue weighted by molar-refractivity contribution is 0.526. The molecule has 0 aliphatic carbocycles. The highest BCUT2D eigenvalue weighted by Gasteiger charge is 2.11. The molecule has 40 heavy (non-hydrogen) atoms. The number of fused-ring (bicyclic) bond motifs is 3. The molecule has 0 aliphatic heterocycles. The van der Waals surface area contributed by atoms with Gasteiger partial charge in [-0.05, 0) is 54.5 Å². The highest BCUT2D eigenvalue weighted by molar-refractivity contribution is 5.83. The van der Waals surface area contributed by atoms with Crippen LogP contribution in [-0.4, -0.2) is 59.0 Å². The Morgan fingerprint density at radius 3 is 2.08 bits per heavy atom. The summed E-state index contributed by atoms with van der Waals surface area (Å²) in [5.74, 6) is 1.05. The van der Waals surface area contributed by atoms with Crippen molar-refractivity contribution in [2.45, 2.75) is 66.6 Å². The van der Waals surface area contributed by atoms with Gasteiger partial charge in [0.25, 0.3) is 5.56 Å². The topological polar surface area (TPSA) is 203 Å². The average molecular weight is 547 g/mol. The van der Waals surface area contributed by atoms with Crippen molar-refractivity contribution in [2.75, 3.05) is 11.5 Å². The normalized spacial score (nSPS) is 11.3. The number of H-pyrrole nitrogens is 1. The minimum absolute atomic E-state index is 0.174. The van der Waals surface area contributed by atoms with Crippen LogP contribution in [0.15, 0.2) is 36.0 Å². The van der Waals surface area contributed by atoms with Gasteiger partial charge in [0.05, 0.1) is 24.4 Å². The fourth-order valence-electron chi connectivity index (χ4n) is 3.87. The first-order valence-corrected chi connectivity index (χ1v) is 12.8. The van der Waals surface area contributed by atoms with Crippen LogP contribution in [0.25, 0.3) is 33.5 Å². The van der Waals surface area contributed by atoms with Crippen LogP contribution in [0.1, 0.15) is 65.5 Å². The highest BCUT2D eigenvalue weighted by atomic mass is 16.1. The number of aromatic amines is 1. The predicted molar refractivity (Wildman–Crippen MR) is 154 cm³/mol. The summed E-state index contributed by atoms with van der Waals surface area (Å²) in [6.45, 7) is 14.0. The number of nitrogens with two attached hydrogens (primary N) is 2. The van der Waals surface area contributed by atoms with Crippen molar-refractivity contribution in [3.63, 3.8) is 0 Å². The molecule has 15 nitrogen and oxygen atoms in total. The molecular weight excluding hydrogens is 512 g/mol. The summed E-state index contributed by atoms with van der Waals surface area (Å²) in [4.78, 5) is 38.7. The Morgan fingerprint density at radius 1 is 0.775 bits per heavy atom. The second-order valence-corrected chi connectivity index (χ2v) is 9.95. The van der Waals surface area contributed by atoms with Crippen LogP contribution in [0.5, 0.6) is 0 Å². The van der Waals surface area contributed by atoms with Gasteiger partial charge in [-0.2, -0.15) is 0 Å². The van der Waals surface area contributed by atoms with Crippen LogP contribution in [0.2, 0.25) is 0 Å². The quantitative estimate of drug-likeness (QED) is 0.294. The molecule has 15 heteroatoms. The molecule has 0 radical (unpaired) electrons. The molecule has 0 saturated heterocycles. The zero-order chi connectivity index (χ0) is 29.1. The lowest BCUT2D eigenvalue weighted by atomic mass is 10.3. The van der Waals surface area contributed by atoms with Gasteiger partial charge in [0.15, 0.2) is 33.8 Å². The Kier molecular flexibility index (Phi) is 8.02. The smallest absolute Gasteiger partial charge is 0.279 e. The summed E-state index contributed by atoms with van der Waals surface area (Å²) in [7, 11) is 0. The Balaban J connectivity index is 0.000000139. The molecule has 6 rings (SSSR count). The number of nitrogen functional groups attached to an aromatic ring is 2. The van der Waals surface area contributed by atoms with E-state index in [2.05, 4.69) is 59.0 Å². The first kappa shape index (κ1) is 28.1. The molecule has 0 bridgehead atoms. The maximum atomic E-state index is 11.5. The van der Waals surface area contributed by atoms with Crippen molar-refractivity contribution >= 4 is 45.0 Å². The maximum Gasteiger partial charge on any atom is 0.279 e. The number of aryl methyl sites for hydroxylation is 1. The van der Waals surface area contributed by atoms with Crippen molar-refractivity contribution in [3.05, 3.63) is 47.4 Å². The fraction of sp³-hybridized carbons (Fsp3) is 0.400. The van der Waals surface area contributed by atoms with Gasteiger partial charge in [0.2, 0.25) is 0 Å². The van der Waals surface area contributed by atoms with Crippen molar-refractivity contribution in [2.24, 2.45) is 0 Å². The molecule has 0 spiro atoms. The number of nitrogens with one attached hydrogen (secondary N) is 1. The van der Waals surface area contributed by atoms with E-state index in [1.165, 1.54) is 6.33 Å². The summed E-state index contributed by atoms with van der Waals surface area (Å²) in [6.07, 6.45) is 6.51. The predicted octanol–water partition coefficient (Wildman–Crippen LogP) is 2.99. The third kappa shape index (κ3) is 5.57.